The number of hydroxylamine groups is 1. The van der Waals surface area contributed by atoms with Gasteiger partial charge in [-0.05, 0) is 36.1 Å². The Bertz CT molecular complexity index is 998. The Morgan fingerprint density at radius 1 is 1.21 bits per heavy atom. The molecule has 0 saturated carbocycles. The third-order valence-corrected chi connectivity index (χ3v) is 7.72. The zero-order chi connectivity index (χ0) is 20.5. The number of benzene rings is 1. The molecule has 0 radical (unpaired) electrons. The molecule has 1 aromatic carbocycles. The van der Waals surface area contributed by atoms with Crippen molar-refractivity contribution < 1.29 is 23.2 Å². The van der Waals surface area contributed by atoms with E-state index in [9.17, 15) is 18.0 Å². The van der Waals surface area contributed by atoms with Crippen molar-refractivity contribution in [3.8, 4) is 0 Å². The van der Waals surface area contributed by atoms with Crippen LogP contribution in [0.5, 0.6) is 0 Å². The SMILES string of the molecule is O=C(N[C@H]1C[C@H](C(=O)NO)N(S(=O)(=O)c2ccc(Cl)c(Cl)c2)C1)c1cccs1. The molecule has 3 N–H and O–H groups in total. The number of nitrogens with zero attached hydrogens (tertiary/aromatic N) is 1. The van der Waals surface area contributed by atoms with Crippen LogP contribution in [0.4, 0.5) is 0 Å². The second-order valence-electron chi connectivity index (χ2n) is 6.03. The number of thiophene rings is 1. The number of hydrogen-bond donors (Lipinski definition) is 3. The minimum Gasteiger partial charge on any atom is -0.347 e. The van der Waals surface area contributed by atoms with Gasteiger partial charge in [-0.2, -0.15) is 4.31 Å². The predicted octanol–water partition coefficient (Wildman–Crippen LogP) is 2.12. The molecule has 1 aromatic heterocycles. The standard InChI is InChI=1S/C16H15Cl2N3O5S2/c17-11-4-3-10(7-12(11)18)28(25,26)21-8-9(6-13(21)15(22)20-24)19-16(23)14-2-1-5-27-14/h1-5,7,9,13,24H,6,8H2,(H,19,23)(H,20,22)/t9-,13+/m0/s1. The summed E-state index contributed by atoms with van der Waals surface area (Å²) in [4.78, 5) is 24.6. The van der Waals surface area contributed by atoms with Crippen LogP contribution >= 0.6 is 34.5 Å². The summed E-state index contributed by atoms with van der Waals surface area (Å²) in [5.41, 5.74) is 1.48. The van der Waals surface area contributed by atoms with Crippen molar-refractivity contribution in [2.75, 3.05) is 6.54 Å². The van der Waals surface area contributed by atoms with Crippen molar-refractivity contribution in [3.63, 3.8) is 0 Å². The summed E-state index contributed by atoms with van der Waals surface area (Å²) >= 11 is 13.0. The highest BCUT2D eigenvalue weighted by Gasteiger charge is 2.44. The maximum absolute atomic E-state index is 13.0. The Balaban J connectivity index is 1.87. The minimum atomic E-state index is -4.14. The molecule has 2 atom stereocenters. The number of hydrogen-bond acceptors (Lipinski definition) is 6. The first kappa shape index (κ1) is 21.0. The van der Waals surface area contributed by atoms with Gasteiger partial charge in [0, 0.05) is 12.6 Å². The van der Waals surface area contributed by atoms with Gasteiger partial charge in [-0.3, -0.25) is 14.8 Å². The fourth-order valence-corrected chi connectivity index (χ4v) is 5.59. The second-order valence-corrected chi connectivity index (χ2v) is 9.68. The van der Waals surface area contributed by atoms with E-state index in [1.54, 1.807) is 17.5 Å². The predicted molar refractivity (Wildman–Crippen MR) is 104 cm³/mol. The fourth-order valence-electron chi connectivity index (χ4n) is 2.93. The van der Waals surface area contributed by atoms with Crippen LogP contribution < -0.4 is 10.8 Å². The van der Waals surface area contributed by atoms with Crippen LogP contribution in [0.15, 0.2) is 40.6 Å². The second kappa shape index (κ2) is 8.36. The van der Waals surface area contributed by atoms with Gasteiger partial charge in [0.15, 0.2) is 0 Å². The quantitative estimate of drug-likeness (QED) is 0.463. The highest BCUT2D eigenvalue weighted by atomic mass is 35.5. The van der Waals surface area contributed by atoms with Gasteiger partial charge in [-0.1, -0.05) is 29.3 Å². The molecule has 28 heavy (non-hydrogen) atoms. The topological polar surface area (TPSA) is 116 Å². The number of rotatable bonds is 5. The van der Waals surface area contributed by atoms with E-state index in [-0.39, 0.29) is 33.8 Å². The Morgan fingerprint density at radius 3 is 2.57 bits per heavy atom. The van der Waals surface area contributed by atoms with Crippen LogP contribution in [-0.2, 0) is 14.8 Å². The molecule has 2 amide bonds. The van der Waals surface area contributed by atoms with E-state index in [1.807, 2.05) is 0 Å². The van der Waals surface area contributed by atoms with Crippen LogP contribution in [0, 0.1) is 0 Å². The molecule has 0 unspecified atom stereocenters. The number of carbonyl (C=O) groups excluding carboxylic acids is 2. The molecule has 1 fully saturated rings. The summed E-state index contributed by atoms with van der Waals surface area (Å²) in [6.45, 7) is -0.141. The van der Waals surface area contributed by atoms with Crippen LogP contribution in [0.1, 0.15) is 16.1 Å². The van der Waals surface area contributed by atoms with Crippen LogP contribution in [-0.4, -0.2) is 48.4 Å². The maximum atomic E-state index is 13.0. The molecular weight excluding hydrogens is 449 g/mol. The van der Waals surface area contributed by atoms with Gasteiger partial charge in [-0.15, -0.1) is 11.3 Å². The van der Waals surface area contributed by atoms with Gasteiger partial charge < -0.3 is 5.32 Å². The Kier molecular flexibility index (Phi) is 6.28. The first-order chi connectivity index (χ1) is 13.2. The fraction of sp³-hybridized carbons (Fsp3) is 0.250. The molecule has 0 aliphatic carbocycles. The maximum Gasteiger partial charge on any atom is 0.261 e. The van der Waals surface area contributed by atoms with E-state index in [1.165, 1.54) is 35.0 Å². The van der Waals surface area contributed by atoms with E-state index in [2.05, 4.69) is 5.32 Å². The lowest BCUT2D eigenvalue weighted by Crippen LogP contribution is -2.45. The Morgan fingerprint density at radius 2 is 1.96 bits per heavy atom. The van der Waals surface area contributed by atoms with Crippen molar-refractivity contribution in [1.29, 1.82) is 0 Å². The van der Waals surface area contributed by atoms with Crippen LogP contribution in [0.2, 0.25) is 10.0 Å². The van der Waals surface area contributed by atoms with E-state index in [0.29, 0.717) is 4.88 Å². The molecule has 2 aromatic rings. The zero-order valence-electron chi connectivity index (χ0n) is 14.1. The lowest BCUT2D eigenvalue weighted by molar-refractivity contribution is -0.132. The Hall–Kier alpha value is -1.69. The smallest absolute Gasteiger partial charge is 0.261 e. The molecule has 0 spiro atoms. The zero-order valence-corrected chi connectivity index (χ0v) is 17.3. The van der Waals surface area contributed by atoms with Crippen molar-refractivity contribution in [3.05, 3.63) is 50.6 Å². The van der Waals surface area contributed by atoms with E-state index in [4.69, 9.17) is 28.4 Å². The number of amides is 2. The number of sulfonamides is 1. The molecule has 3 rings (SSSR count). The lowest BCUT2D eigenvalue weighted by atomic mass is 10.1. The molecule has 1 aliphatic rings. The lowest BCUT2D eigenvalue weighted by Gasteiger charge is -2.22. The van der Waals surface area contributed by atoms with Crippen molar-refractivity contribution >= 4 is 56.4 Å². The molecule has 1 saturated heterocycles. The molecular formula is C16H15Cl2N3O5S2. The third kappa shape index (κ3) is 4.17. The first-order valence-electron chi connectivity index (χ1n) is 7.99. The number of nitrogens with one attached hydrogen (secondary N) is 2. The van der Waals surface area contributed by atoms with Crippen LogP contribution in [0.25, 0.3) is 0 Å². The first-order valence-corrected chi connectivity index (χ1v) is 11.1. The summed E-state index contributed by atoms with van der Waals surface area (Å²) in [7, 11) is -4.14. The Labute approximate surface area is 175 Å². The molecule has 1 aliphatic heterocycles. The molecule has 8 nitrogen and oxygen atoms in total. The largest absolute Gasteiger partial charge is 0.347 e. The summed E-state index contributed by atoms with van der Waals surface area (Å²) in [6, 6.07) is 5.34. The third-order valence-electron chi connectivity index (χ3n) is 4.25. The summed E-state index contributed by atoms with van der Waals surface area (Å²) in [5.74, 6) is -1.26. The van der Waals surface area contributed by atoms with Crippen molar-refractivity contribution in [2.24, 2.45) is 0 Å². The van der Waals surface area contributed by atoms with Gasteiger partial charge >= 0.3 is 0 Å². The van der Waals surface area contributed by atoms with E-state index >= 15 is 0 Å². The van der Waals surface area contributed by atoms with E-state index < -0.39 is 28.0 Å². The summed E-state index contributed by atoms with van der Waals surface area (Å²) in [6.07, 6.45) is 0.00403. The van der Waals surface area contributed by atoms with Gasteiger partial charge in [0.1, 0.15) is 6.04 Å². The minimum absolute atomic E-state index is 0.00403. The van der Waals surface area contributed by atoms with Crippen molar-refractivity contribution in [1.82, 2.24) is 15.1 Å². The average molecular weight is 464 g/mol. The highest BCUT2D eigenvalue weighted by molar-refractivity contribution is 7.89. The van der Waals surface area contributed by atoms with Crippen LogP contribution in [0.3, 0.4) is 0 Å². The van der Waals surface area contributed by atoms with Crippen molar-refractivity contribution in [2.45, 2.75) is 23.4 Å². The van der Waals surface area contributed by atoms with E-state index in [0.717, 1.165) is 4.31 Å². The number of carbonyl (C=O) groups is 2. The van der Waals surface area contributed by atoms with Gasteiger partial charge in [-0.25, -0.2) is 13.9 Å². The van der Waals surface area contributed by atoms with Gasteiger partial charge in [0.25, 0.3) is 11.8 Å². The molecule has 150 valence electrons. The molecule has 2 heterocycles. The normalized spacial score (nSPS) is 20.1. The average Bonchev–Trinajstić information content (AvgIpc) is 3.33. The van der Waals surface area contributed by atoms with Gasteiger partial charge in [0.2, 0.25) is 10.0 Å². The van der Waals surface area contributed by atoms with Gasteiger partial charge in [0.05, 0.1) is 19.8 Å². The monoisotopic (exact) mass is 463 g/mol. The summed E-state index contributed by atoms with van der Waals surface area (Å²) < 4.78 is 27.0. The molecule has 0 bridgehead atoms. The number of halogens is 2. The summed E-state index contributed by atoms with van der Waals surface area (Å²) in [5, 5.41) is 13.7. The highest BCUT2D eigenvalue weighted by Crippen LogP contribution is 2.30. The molecule has 12 heteroatoms.